The molecule has 182 valence electrons. The molecule has 2 aromatic carbocycles. The Labute approximate surface area is 201 Å². The quantitative estimate of drug-likeness (QED) is 0.505. The predicted octanol–water partition coefficient (Wildman–Crippen LogP) is 3.44. The molecule has 34 heavy (non-hydrogen) atoms. The minimum atomic E-state index is -3.68. The number of amidine groups is 1. The topological polar surface area (TPSA) is 117 Å². The second-order valence-electron chi connectivity index (χ2n) is 8.97. The van der Waals surface area contributed by atoms with Crippen LogP contribution in [0.1, 0.15) is 51.7 Å². The third kappa shape index (κ3) is 6.22. The first-order valence-electron chi connectivity index (χ1n) is 11.5. The van der Waals surface area contributed by atoms with Gasteiger partial charge in [-0.05, 0) is 41.7 Å². The summed E-state index contributed by atoms with van der Waals surface area (Å²) in [6.07, 6.45) is 1.13. The number of amides is 2. The second kappa shape index (κ2) is 10.8. The van der Waals surface area contributed by atoms with Gasteiger partial charge in [0.05, 0.1) is 4.90 Å². The largest absolute Gasteiger partial charge is 0.350 e. The van der Waals surface area contributed by atoms with Crippen molar-refractivity contribution in [2.24, 2.45) is 16.8 Å². The molecule has 3 N–H and O–H groups in total. The van der Waals surface area contributed by atoms with Crippen molar-refractivity contribution in [2.45, 2.75) is 58.0 Å². The number of hydrogen-bond acceptors (Lipinski definition) is 5. The van der Waals surface area contributed by atoms with Gasteiger partial charge in [0.15, 0.2) is 0 Å². The van der Waals surface area contributed by atoms with E-state index in [0.29, 0.717) is 24.1 Å². The first kappa shape index (κ1) is 25.4. The van der Waals surface area contributed by atoms with Crippen LogP contribution in [0, 0.1) is 11.8 Å². The van der Waals surface area contributed by atoms with E-state index < -0.39 is 16.1 Å². The molecule has 0 saturated carbocycles. The lowest BCUT2D eigenvalue weighted by Crippen LogP contribution is -2.38. The molecule has 3 rings (SSSR count). The molecule has 1 aliphatic heterocycles. The van der Waals surface area contributed by atoms with Crippen LogP contribution in [-0.4, -0.2) is 32.1 Å². The molecular weight excluding hydrogens is 452 g/mol. The van der Waals surface area contributed by atoms with Gasteiger partial charge >= 0.3 is 0 Å². The molecule has 1 aliphatic rings. The molecule has 0 saturated heterocycles. The number of anilines is 1. The van der Waals surface area contributed by atoms with E-state index in [1.807, 2.05) is 45.9 Å². The van der Waals surface area contributed by atoms with Crippen LogP contribution in [0.2, 0.25) is 0 Å². The molecule has 9 heteroatoms. The zero-order valence-corrected chi connectivity index (χ0v) is 20.8. The fourth-order valence-corrected chi connectivity index (χ4v) is 4.91. The molecule has 0 bridgehead atoms. The van der Waals surface area contributed by atoms with E-state index in [1.54, 1.807) is 24.3 Å². The van der Waals surface area contributed by atoms with Crippen molar-refractivity contribution in [3.8, 4) is 0 Å². The van der Waals surface area contributed by atoms with E-state index in [1.165, 1.54) is 6.07 Å². The van der Waals surface area contributed by atoms with Gasteiger partial charge < -0.3 is 10.6 Å². The monoisotopic (exact) mass is 484 g/mol. The molecule has 0 unspecified atom stereocenters. The highest BCUT2D eigenvalue weighted by atomic mass is 32.2. The van der Waals surface area contributed by atoms with Crippen LogP contribution in [0.5, 0.6) is 0 Å². The van der Waals surface area contributed by atoms with Crippen LogP contribution in [-0.2, 0) is 26.2 Å². The minimum Gasteiger partial charge on any atom is -0.350 e. The highest BCUT2D eigenvalue weighted by Crippen LogP contribution is 2.24. The van der Waals surface area contributed by atoms with Crippen molar-refractivity contribution in [1.82, 2.24) is 10.0 Å². The Balaban J connectivity index is 1.74. The molecule has 1 heterocycles. The average molecular weight is 485 g/mol. The normalized spacial score (nSPS) is 17.0. The SMILES string of the molecule is CC[C@H](C)[C@H](N=C1NS(=O)(=O)c2ccccc21)C(=O)NCc1cccc(NC(=O)CC(C)C)c1. The number of rotatable bonds is 9. The van der Waals surface area contributed by atoms with Crippen molar-refractivity contribution in [2.75, 3.05) is 5.32 Å². The Morgan fingerprint density at radius 3 is 2.50 bits per heavy atom. The molecule has 0 aromatic heterocycles. The smallest absolute Gasteiger partial charge is 0.263 e. The Hall–Kier alpha value is -3.20. The number of nitrogens with zero attached hydrogens (tertiary/aromatic N) is 1. The summed E-state index contributed by atoms with van der Waals surface area (Å²) < 4.78 is 27.3. The summed E-state index contributed by atoms with van der Waals surface area (Å²) in [5, 5.41) is 5.79. The molecule has 2 amide bonds. The van der Waals surface area contributed by atoms with Gasteiger partial charge in [-0.1, -0.05) is 58.4 Å². The average Bonchev–Trinajstić information content (AvgIpc) is 3.05. The van der Waals surface area contributed by atoms with E-state index >= 15 is 0 Å². The predicted molar refractivity (Wildman–Crippen MR) is 133 cm³/mol. The number of benzene rings is 2. The first-order valence-corrected chi connectivity index (χ1v) is 13.0. The van der Waals surface area contributed by atoms with Crippen molar-refractivity contribution in [3.63, 3.8) is 0 Å². The van der Waals surface area contributed by atoms with Gasteiger partial charge in [-0.15, -0.1) is 0 Å². The van der Waals surface area contributed by atoms with Crippen LogP contribution < -0.4 is 15.4 Å². The third-order valence-electron chi connectivity index (χ3n) is 5.65. The zero-order valence-electron chi connectivity index (χ0n) is 20.0. The van der Waals surface area contributed by atoms with Gasteiger partial charge in [-0.3, -0.25) is 19.3 Å². The standard InChI is InChI=1S/C25H32N4O4S/c1-5-17(4)23(28-24-20-11-6-7-12-21(20)34(32,33)29-24)25(31)26-15-18-9-8-10-19(14-18)27-22(30)13-16(2)3/h6-12,14,16-17,23H,5,13,15H2,1-4H3,(H,26,31)(H,27,30)(H,28,29)/t17-,23-/m0/s1. The Bertz CT molecular complexity index is 1190. The maximum atomic E-state index is 13.1. The zero-order chi connectivity index (χ0) is 24.9. The van der Waals surface area contributed by atoms with Gasteiger partial charge in [0.2, 0.25) is 11.8 Å². The maximum absolute atomic E-state index is 13.1. The Morgan fingerprint density at radius 2 is 1.79 bits per heavy atom. The number of carbonyl (C=O) groups is 2. The lowest BCUT2D eigenvalue weighted by molar-refractivity contribution is -0.123. The van der Waals surface area contributed by atoms with E-state index in [2.05, 4.69) is 20.3 Å². The molecule has 0 radical (unpaired) electrons. The van der Waals surface area contributed by atoms with Crippen molar-refractivity contribution in [3.05, 3.63) is 59.7 Å². The summed E-state index contributed by atoms with van der Waals surface area (Å²) in [6, 6.07) is 13.1. The second-order valence-corrected chi connectivity index (χ2v) is 10.6. The van der Waals surface area contributed by atoms with Crippen molar-refractivity contribution < 1.29 is 18.0 Å². The Morgan fingerprint density at radius 1 is 1.06 bits per heavy atom. The van der Waals surface area contributed by atoms with Gasteiger partial charge in [0.25, 0.3) is 10.0 Å². The molecule has 2 atom stereocenters. The summed E-state index contributed by atoms with van der Waals surface area (Å²) in [6.45, 7) is 8.10. The molecule has 0 aliphatic carbocycles. The number of carbonyl (C=O) groups excluding carboxylic acids is 2. The fourth-order valence-electron chi connectivity index (χ4n) is 3.67. The molecule has 2 aromatic rings. The number of fused-ring (bicyclic) bond motifs is 1. The van der Waals surface area contributed by atoms with E-state index in [0.717, 1.165) is 5.56 Å². The fraction of sp³-hybridized carbons (Fsp3) is 0.400. The summed E-state index contributed by atoms with van der Waals surface area (Å²) in [5.41, 5.74) is 1.97. The highest BCUT2D eigenvalue weighted by molar-refractivity contribution is 7.90. The minimum absolute atomic E-state index is 0.0526. The van der Waals surface area contributed by atoms with Crippen LogP contribution >= 0.6 is 0 Å². The summed E-state index contributed by atoms with van der Waals surface area (Å²) in [7, 11) is -3.68. The van der Waals surface area contributed by atoms with Crippen molar-refractivity contribution in [1.29, 1.82) is 0 Å². The molecular formula is C25H32N4O4S. The van der Waals surface area contributed by atoms with Crippen LogP contribution in [0.4, 0.5) is 5.69 Å². The molecule has 8 nitrogen and oxygen atoms in total. The number of hydrogen-bond donors (Lipinski definition) is 3. The molecule has 0 fully saturated rings. The number of sulfonamides is 1. The van der Waals surface area contributed by atoms with E-state index in [9.17, 15) is 18.0 Å². The highest BCUT2D eigenvalue weighted by Gasteiger charge is 2.33. The lowest BCUT2D eigenvalue weighted by atomic mass is 9.98. The van der Waals surface area contributed by atoms with E-state index in [4.69, 9.17) is 0 Å². The van der Waals surface area contributed by atoms with Gasteiger partial charge in [0, 0.05) is 24.2 Å². The van der Waals surface area contributed by atoms with E-state index in [-0.39, 0.29) is 40.9 Å². The van der Waals surface area contributed by atoms with Crippen LogP contribution in [0.15, 0.2) is 58.4 Å². The molecule has 0 spiro atoms. The Kier molecular flexibility index (Phi) is 8.09. The van der Waals surface area contributed by atoms with Gasteiger partial charge in [0.1, 0.15) is 11.9 Å². The number of nitrogens with one attached hydrogen (secondary N) is 3. The van der Waals surface area contributed by atoms with Crippen LogP contribution in [0.3, 0.4) is 0 Å². The third-order valence-corrected chi connectivity index (χ3v) is 7.05. The van der Waals surface area contributed by atoms with Crippen molar-refractivity contribution >= 4 is 33.4 Å². The summed E-state index contributed by atoms with van der Waals surface area (Å²) in [4.78, 5) is 29.8. The maximum Gasteiger partial charge on any atom is 0.263 e. The van der Waals surface area contributed by atoms with Crippen LogP contribution in [0.25, 0.3) is 0 Å². The first-order chi connectivity index (χ1) is 16.1. The summed E-state index contributed by atoms with van der Waals surface area (Å²) >= 11 is 0. The number of aliphatic imine (C=N–C) groups is 1. The van der Waals surface area contributed by atoms with Gasteiger partial charge in [-0.25, -0.2) is 8.42 Å². The van der Waals surface area contributed by atoms with Gasteiger partial charge in [-0.2, -0.15) is 0 Å². The summed E-state index contributed by atoms with van der Waals surface area (Å²) in [5.74, 6) is -0.00181. The lowest BCUT2D eigenvalue weighted by Gasteiger charge is -2.19.